The molecular formula is C12H18FNO2S. The number of hydrogen-bond acceptors (Lipinski definition) is 3. The Hall–Kier alpha value is -1.10. The van der Waals surface area contributed by atoms with Crippen LogP contribution in [0.3, 0.4) is 0 Å². The Morgan fingerprint density at radius 1 is 1.18 bits per heavy atom. The molecule has 1 N–H and O–H groups in total. The van der Waals surface area contributed by atoms with Gasteiger partial charge in [-0.05, 0) is 45.0 Å². The average molecular weight is 259 g/mol. The minimum absolute atomic E-state index is 0.0634. The average Bonchev–Trinajstić information content (AvgIpc) is 2.19. The van der Waals surface area contributed by atoms with Gasteiger partial charge in [0.05, 0.1) is 10.5 Å². The van der Waals surface area contributed by atoms with Crippen LogP contribution in [0.2, 0.25) is 0 Å². The van der Waals surface area contributed by atoms with Crippen molar-refractivity contribution >= 4 is 15.5 Å². The number of sulfone groups is 1. The molecule has 3 nitrogen and oxygen atoms in total. The van der Waals surface area contributed by atoms with Crippen LogP contribution >= 0.6 is 0 Å². The summed E-state index contributed by atoms with van der Waals surface area (Å²) in [5.41, 5.74) is 0.718. The first kappa shape index (κ1) is 14.0. The van der Waals surface area contributed by atoms with E-state index in [4.69, 9.17) is 0 Å². The van der Waals surface area contributed by atoms with Gasteiger partial charge in [0.1, 0.15) is 5.82 Å². The van der Waals surface area contributed by atoms with Gasteiger partial charge in [0.2, 0.25) is 0 Å². The summed E-state index contributed by atoms with van der Waals surface area (Å²) >= 11 is 0. The Morgan fingerprint density at radius 3 is 2.18 bits per heavy atom. The van der Waals surface area contributed by atoms with Crippen molar-refractivity contribution in [2.75, 3.05) is 17.6 Å². The SMILES string of the molecule is CC(C)(C)S(=O)(=O)CCNc1ccc(F)cc1. The van der Waals surface area contributed by atoms with Gasteiger partial charge in [-0.2, -0.15) is 0 Å². The van der Waals surface area contributed by atoms with Crippen LogP contribution in [0.4, 0.5) is 10.1 Å². The molecular weight excluding hydrogens is 241 g/mol. The second-order valence-corrected chi connectivity index (χ2v) is 7.73. The topological polar surface area (TPSA) is 46.2 Å². The van der Waals surface area contributed by atoms with E-state index >= 15 is 0 Å². The predicted molar refractivity (Wildman–Crippen MR) is 68.4 cm³/mol. The molecule has 96 valence electrons. The summed E-state index contributed by atoms with van der Waals surface area (Å²) in [6.45, 7) is 5.37. The van der Waals surface area contributed by atoms with E-state index in [1.165, 1.54) is 12.1 Å². The molecule has 0 saturated heterocycles. The third-order valence-electron chi connectivity index (χ3n) is 2.48. The number of anilines is 1. The maximum absolute atomic E-state index is 12.6. The van der Waals surface area contributed by atoms with Crippen LogP contribution in [0.15, 0.2) is 24.3 Å². The molecule has 1 aromatic rings. The van der Waals surface area contributed by atoms with Gasteiger partial charge in [0.15, 0.2) is 9.84 Å². The van der Waals surface area contributed by atoms with Crippen molar-refractivity contribution in [2.24, 2.45) is 0 Å². The van der Waals surface area contributed by atoms with Gasteiger partial charge in [-0.1, -0.05) is 0 Å². The van der Waals surface area contributed by atoms with Crippen LogP contribution < -0.4 is 5.32 Å². The summed E-state index contributed by atoms with van der Waals surface area (Å²) in [6.07, 6.45) is 0. The van der Waals surface area contributed by atoms with E-state index in [0.717, 1.165) is 5.69 Å². The van der Waals surface area contributed by atoms with Crippen molar-refractivity contribution in [3.8, 4) is 0 Å². The van der Waals surface area contributed by atoms with Crippen molar-refractivity contribution in [1.82, 2.24) is 0 Å². The Kier molecular flexibility index (Phi) is 4.14. The highest BCUT2D eigenvalue weighted by Gasteiger charge is 2.28. The minimum Gasteiger partial charge on any atom is -0.384 e. The second kappa shape index (κ2) is 5.04. The fraction of sp³-hybridized carbons (Fsp3) is 0.500. The van der Waals surface area contributed by atoms with E-state index in [1.54, 1.807) is 32.9 Å². The van der Waals surface area contributed by atoms with Crippen molar-refractivity contribution in [2.45, 2.75) is 25.5 Å². The van der Waals surface area contributed by atoms with Gasteiger partial charge in [-0.3, -0.25) is 0 Å². The molecule has 0 amide bonds. The first-order valence-corrected chi connectivity index (χ1v) is 7.09. The lowest BCUT2D eigenvalue weighted by Gasteiger charge is -2.19. The lowest BCUT2D eigenvalue weighted by Crippen LogP contribution is -2.32. The monoisotopic (exact) mass is 259 g/mol. The van der Waals surface area contributed by atoms with Crippen LogP contribution in [0, 0.1) is 5.82 Å². The van der Waals surface area contributed by atoms with Gasteiger partial charge >= 0.3 is 0 Å². The summed E-state index contributed by atoms with van der Waals surface area (Å²) in [6, 6.07) is 5.83. The first-order valence-electron chi connectivity index (χ1n) is 5.44. The molecule has 0 fully saturated rings. The molecule has 0 aromatic heterocycles. The van der Waals surface area contributed by atoms with E-state index in [2.05, 4.69) is 5.32 Å². The highest BCUT2D eigenvalue weighted by Crippen LogP contribution is 2.16. The molecule has 0 bridgehead atoms. The molecule has 0 radical (unpaired) electrons. The molecule has 17 heavy (non-hydrogen) atoms. The van der Waals surface area contributed by atoms with E-state index in [1.807, 2.05) is 0 Å². The van der Waals surface area contributed by atoms with Crippen LogP contribution in [0.1, 0.15) is 20.8 Å². The summed E-state index contributed by atoms with van der Waals surface area (Å²) in [5, 5.41) is 2.95. The molecule has 0 spiro atoms. The van der Waals surface area contributed by atoms with Crippen molar-refractivity contribution in [3.63, 3.8) is 0 Å². The largest absolute Gasteiger partial charge is 0.384 e. The smallest absolute Gasteiger partial charge is 0.156 e. The molecule has 0 aliphatic carbocycles. The zero-order valence-corrected chi connectivity index (χ0v) is 11.1. The zero-order valence-electron chi connectivity index (χ0n) is 10.3. The molecule has 0 unspecified atom stereocenters. The maximum Gasteiger partial charge on any atom is 0.156 e. The minimum atomic E-state index is -3.11. The molecule has 0 atom stereocenters. The van der Waals surface area contributed by atoms with Gasteiger partial charge in [0, 0.05) is 12.2 Å². The van der Waals surface area contributed by atoms with Crippen LogP contribution in [-0.4, -0.2) is 25.5 Å². The molecule has 0 heterocycles. The van der Waals surface area contributed by atoms with Crippen molar-refractivity contribution < 1.29 is 12.8 Å². The van der Waals surface area contributed by atoms with Crippen LogP contribution in [-0.2, 0) is 9.84 Å². The quantitative estimate of drug-likeness (QED) is 0.903. The standard InChI is InChI=1S/C12H18FNO2S/c1-12(2,3)17(15,16)9-8-14-11-6-4-10(13)5-7-11/h4-7,14H,8-9H2,1-3H3. The van der Waals surface area contributed by atoms with Crippen LogP contribution in [0.25, 0.3) is 0 Å². The Bertz CT molecular complexity index is 460. The van der Waals surface area contributed by atoms with Gasteiger partial charge in [0.25, 0.3) is 0 Å². The van der Waals surface area contributed by atoms with Gasteiger partial charge < -0.3 is 5.32 Å². The molecule has 1 aromatic carbocycles. The molecule has 0 aliphatic rings. The lowest BCUT2D eigenvalue weighted by molar-refractivity contribution is 0.560. The number of benzene rings is 1. The summed E-state index contributed by atoms with van der Waals surface area (Å²) in [7, 11) is -3.11. The molecule has 5 heteroatoms. The highest BCUT2D eigenvalue weighted by atomic mass is 32.2. The zero-order chi connectivity index (χ0) is 13.1. The number of nitrogens with one attached hydrogen (secondary N) is 1. The fourth-order valence-corrected chi connectivity index (χ4v) is 2.19. The third-order valence-corrected chi connectivity index (χ3v) is 5.08. The van der Waals surface area contributed by atoms with Crippen molar-refractivity contribution in [1.29, 1.82) is 0 Å². The van der Waals surface area contributed by atoms with Crippen molar-refractivity contribution in [3.05, 3.63) is 30.1 Å². The summed E-state index contributed by atoms with van der Waals surface area (Å²) < 4.78 is 35.5. The molecule has 1 rings (SSSR count). The predicted octanol–water partition coefficient (Wildman–Crippen LogP) is 2.45. The molecule has 0 aliphatic heterocycles. The normalized spacial score (nSPS) is 12.5. The van der Waals surface area contributed by atoms with E-state index in [-0.39, 0.29) is 11.6 Å². The third kappa shape index (κ3) is 4.00. The summed E-state index contributed by atoms with van der Waals surface area (Å²) in [5.74, 6) is -0.244. The van der Waals surface area contributed by atoms with E-state index < -0.39 is 14.6 Å². The number of rotatable bonds is 4. The van der Waals surface area contributed by atoms with Gasteiger partial charge in [-0.15, -0.1) is 0 Å². The number of hydrogen-bond donors (Lipinski definition) is 1. The van der Waals surface area contributed by atoms with Gasteiger partial charge in [-0.25, -0.2) is 12.8 Å². The Balaban J connectivity index is 2.52. The maximum atomic E-state index is 12.6. The van der Waals surface area contributed by atoms with E-state index in [0.29, 0.717) is 6.54 Å². The Labute approximate surface area is 102 Å². The molecule has 0 saturated carbocycles. The van der Waals surface area contributed by atoms with E-state index in [9.17, 15) is 12.8 Å². The summed E-state index contributed by atoms with van der Waals surface area (Å²) in [4.78, 5) is 0. The first-order chi connectivity index (χ1) is 7.72. The lowest BCUT2D eigenvalue weighted by atomic mass is 10.3. The highest BCUT2D eigenvalue weighted by molar-refractivity contribution is 7.92. The van der Waals surface area contributed by atoms with Crippen LogP contribution in [0.5, 0.6) is 0 Å². The number of halogens is 1. The Morgan fingerprint density at radius 2 is 1.71 bits per heavy atom. The fourth-order valence-electron chi connectivity index (χ4n) is 1.20. The second-order valence-electron chi connectivity index (χ2n) is 4.86.